The second-order valence-electron chi connectivity index (χ2n) is 5.35. The summed E-state index contributed by atoms with van der Waals surface area (Å²) in [6.45, 7) is 6.61. The maximum atomic E-state index is 12.9. The van der Waals surface area contributed by atoms with Gasteiger partial charge < -0.3 is 9.32 Å². The Morgan fingerprint density at radius 1 is 1.30 bits per heavy atom. The average Bonchev–Trinajstić information content (AvgIpc) is 3.21. The van der Waals surface area contributed by atoms with Gasteiger partial charge in [0.05, 0.1) is 6.26 Å². The zero-order chi connectivity index (χ0) is 16.4. The zero-order valence-electron chi connectivity index (χ0n) is 13.4. The highest BCUT2D eigenvalue weighted by Crippen LogP contribution is 2.27. The molecule has 4 nitrogen and oxygen atoms in total. The Bertz CT molecular complexity index is 821. The predicted octanol–water partition coefficient (Wildman–Crippen LogP) is 4.69. The van der Waals surface area contributed by atoms with E-state index in [4.69, 9.17) is 4.42 Å². The van der Waals surface area contributed by atoms with E-state index in [1.165, 1.54) is 11.3 Å². The van der Waals surface area contributed by atoms with E-state index in [9.17, 15) is 4.79 Å². The van der Waals surface area contributed by atoms with Gasteiger partial charge in [0.1, 0.15) is 5.69 Å². The van der Waals surface area contributed by atoms with Gasteiger partial charge in [-0.25, -0.2) is 4.98 Å². The lowest BCUT2D eigenvalue weighted by atomic mass is 10.1. The van der Waals surface area contributed by atoms with E-state index < -0.39 is 0 Å². The van der Waals surface area contributed by atoms with Gasteiger partial charge in [-0.2, -0.15) is 0 Å². The fraction of sp³-hybridized carbons (Fsp3) is 0.222. The number of hydrogen-bond donors (Lipinski definition) is 0. The minimum absolute atomic E-state index is 0.0877. The van der Waals surface area contributed by atoms with Gasteiger partial charge in [0.25, 0.3) is 5.91 Å². The van der Waals surface area contributed by atoms with Crippen LogP contribution in [0.5, 0.6) is 0 Å². The number of carbonyl (C=O) groups is 1. The normalized spacial score (nSPS) is 10.7. The summed E-state index contributed by atoms with van der Waals surface area (Å²) in [5, 5.41) is 2.50. The van der Waals surface area contributed by atoms with Crippen LogP contribution in [-0.2, 0) is 0 Å². The first-order chi connectivity index (χ1) is 11.1. The third-order valence-electron chi connectivity index (χ3n) is 3.67. The molecule has 0 radical (unpaired) electrons. The second-order valence-corrected chi connectivity index (χ2v) is 6.21. The van der Waals surface area contributed by atoms with Crippen LogP contribution in [0.1, 0.15) is 28.5 Å². The minimum atomic E-state index is -0.0877. The van der Waals surface area contributed by atoms with Gasteiger partial charge in [0.2, 0.25) is 0 Å². The molecule has 0 aliphatic rings. The van der Waals surface area contributed by atoms with Crippen molar-refractivity contribution in [3.05, 3.63) is 58.8 Å². The standard InChI is InChI=1S/C18H18N2O2S/c1-4-20(15-10-12(2)7-8-13(15)3)18(21)14-11-23-17(19-14)16-6-5-9-22-16/h5-11H,4H2,1-3H3. The summed E-state index contributed by atoms with van der Waals surface area (Å²) < 4.78 is 5.34. The minimum Gasteiger partial charge on any atom is -0.462 e. The molecule has 0 fully saturated rings. The number of furan rings is 1. The number of carbonyl (C=O) groups excluding carboxylic acids is 1. The molecule has 2 heterocycles. The molecule has 0 N–H and O–H groups in total. The third kappa shape index (κ3) is 3.05. The van der Waals surface area contributed by atoms with Gasteiger partial charge in [-0.05, 0) is 50.1 Å². The lowest BCUT2D eigenvalue weighted by molar-refractivity contribution is 0.0984. The summed E-state index contributed by atoms with van der Waals surface area (Å²) in [5.41, 5.74) is 3.59. The van der Waals surface area contributed by atoms with Crippen molar-refractivity contribution in [3.8, 4) is 10.8 Å². The van der Waals surface area contributed by atoms with Gasteiger partial charge in [0.15, 0.2) is 10.8 Å². The van der Waals surface area contributed by atoms with Crippen LogP contribution >= 0.6 is 11.3 Å². The predicted molar refractivity (Wildman–Crippen MR) is 93.1 cm³/mol. The number of hydrogen-bond acceptors (Lipinski definition) is 4. The number of thiazole rings is 1. The largest absolute Gasteiger partial charge is 0.462 e. The van der Waals surface area contributed by atoms with Crippen LogP contribution in [0.25, 0.3) is 10.8 Å². The number of rotatable bonds is 4. The molecule has 0 atom stereocenters. The molecule has 5 heteroatoms. The van der Waals surface area contributed by atoms with Crippen molar-refractivity contribution in [2.24, 2.45) is 0 Å². The number of aromatic nitrogens is 1. The first-order valence-electron chi connectivity index (χ1n) is 7.48. The molecule has 0 aliphatic carbocycles. The van der Waals surface area contributed by atoms with Crippen LogP contribution in [-0.4, -0.2) is 17.4 Å². The van der Waals surface area contributed by atoms with Crippen LogP contribution < -0.4 is 4.90 Å². The molecule has 0 saturated heterocycles. The molecule has 0 aliphatic heterocycles. The third-order valence-corrected chi connectivity index (χ3v) is 4.53. The number of anilines is 1. The lowest BCUT2D eigenvalue weighted by Crippen LogP contribution is -2.31. The van der Waals surface area contributed by atoms with Crippen molar-refractivity contribution >= 4 is 22.9 Å². The van der Waals surface area contributed by atoms with E-state index in [-0.39, 0.29) is 5.91 Å². The van der Waals surface area contributed by atoms with Crippen LogP contribution in [0.3, 0.4) is 0 Å². The van der Waals surface area contributed by atoms with Crippen molar-refractivity contribution in [1.82, 2.24) is 4.98 Å². The van der Waals surface area contributed by atoms with Crippen LogP contribution in [0, 0.1) is 13.8 Å². The lowest BCUT2D eigenvalue weighted by Gasteiger charge is -2.22. The molecule has 1 amide bonds. The highest BCUT2D eigenvalue weighted by molar-refractivity contribution is 7.13. The van der Waals surface area contributed by atoms with E-state index >= 15 is 0 Å². The number of amides is 1. The van der Waals surface area contributed by atoms with Crippen molar-refractivity contribution < 1.29 is 9.21 Å². The maximum Gasteiger partial charge on any atom is 0.277 e. The Morgan fingerprint density at radius 2 is 2.13 bits per heavy atom. The Balaban J connectivity index is 1.93. The Morgan fingerprint density at radius 3 is 2.83 bits per heavy atom. The second kappa shape index (κ2) is 6.38. The van der Waals surface area contributed by atoms with Crippen molar-refractivity contribution in [2.45, 2.75) is 20.8 Å². The van der Waals surface area contributed by atoms with E-state index in [1.54, 1.807) is 16.5 Å². The molecule has 0 saturated carbocycles. The number of nitrogens with zero attached hydrogens (tertiary/aromatic N) is 2. The van der Waals surface area contributed by atoms with Gasteiger partial charge in [0, 0.05) is 17.6 Å². The molecule has 0 bridgehead atoms. The molecular formula is C18H18N2O2S. The molecule has 118 valence electrons. The maximum absolute atomic E-state index is 12.9. The highest BCUT2D eigenvalue weighted by Gasteiger charge is 2.21. The van der Waals surface area contributed by atoms with Gasteiger partial charge in [-0.3, -0.25) is 4.79 Å². The Labute approximate surface area is 139 Å². The Hall–Kier alpha value is -2.40. The monoisotopic (exact) mass is 326 g/mol. The molecular weight excluding hydrogens is 308 g/mol. The Kier molecular flexibility index (Phi) is 4.30. The highest BCUT2D eigenvalue weighted by atomic mass is 32.1. The van der Waals surface area contributed by atoms with E-state index in [0.717, 1.165) is 21.8 Å². The summed E-state index contributed by atoms with van der Waals surface area (Å²) in [6, 6.07) is 9.78. The van der Waals surface area contributed by atoms with Gasteiger partial charge in [-0.1, -0.05) is 12.1 Å². The fourth-order valence-electron chi connectivity index (χ4n) is 2.46. The fourth-order valence-corrected chi connectivity index (χ4v) is 3.22. The first-order valence-corrected chi connectivity index (χ1v) is 8.36. The summed E-state index contributed by atoms with van der Waals surface area (Å²) in [6.07, 6.45) is 1.60. The molecule has 23 heavy (non-hydrogen) atoms. The van der Waals surface area contributed by atoms with Crippen LogP contribution in [0.2, 0.25) is 0 Å². The summed E-state index contributed by atoms with van der Waals surface area (Å²) >= 11 is 1.41. The van der Waals surface area contributed by atoms with E-state index in [1.807, 2.05) is 45.0 Å². The quantitative estimate of drug-likeness (QED) is 0.699. The van der Waals surface area contributed by atoms with Gasteiger partial charge in [-0.15, -0.1) is 11.3 Å². The molecule has 0 unspecified atom stereocenters. The zero-order valence-corrected chi connectivity index (χ0v) is 14.2. The van der Waals surface area contributed by atoms with Crippen molar-refractivity contribution in [3.63, 3.8) is 0 Å². The summed E-state index contributed by atoms with van der Waals surface area (Å²) in [4.78, 5) is 19.1. The average molecular weight is 326 g/mol. The van der Waals surface area contributed by atoms with Crippen LogP contribution in [0.15, 0.2) is 46.4 Å². The number of aryl methyl sites for hydroxylation is 2. The molecule has 3 aromatic rings. The molecule has 0 spiro atoms. The van der Waals surface area contributed by atoms with Gasteiger partial charge >= 0.3 is 0 Å². The van der Waals surface area contributed by atoms with E-state index in [2.05, 4.69) is 11.1 Å². The van der Waals surface area contributed by atoms with Crippen molar-refractivity contribution in [2.75, 3.05) is 11.4 Å². The van der Waals surface area contributed by atoms with E-state index in [0.29, 0.717) is 18.0 Å². The first kappa shape index (κ1) is 15.5. The summed E-state index contributed by atoms with van der Waals surface area (Å²) in [7, 11) is 0. The smallest absolute Gasteiger partial charge is 0.277 e. The molecule has 3 rings (SSSR count). The molecule has 2 aromatic heterocycles. The topological polar surface area (TPSA) is 46.3 Å². The molecule has 1 aromatic carbocycles. The SMILES string of the molecule is CCN(C(=O)c1csc(-c2ccco2)n1)c1cc(C)ccc1C. The number of benzene rings is 1. The summed E-state index contributed by atoms with van der Waals surface area (Å²) in [5.74, 6) is 0.596. The van der Waals surface area contributed by atoms with Crippen molar-refractivity contribution in [1.29, 1.82) is 0 Å². The van der Waals surface area contributed by atoms with Crippen LogP contribution in [0.4, 0.5) is 5.69 Å².